The Hall–Kier alpha value is -4.46. The number of hydrogen-bond acceptors (Lipinski definition) is 5. The number of amides is 3. The zero-order valence-electron chi connectivity index (χ0n) is 20.0. The number of nitrogens with one attached hydrogen (secondary N) is 3. The van der Waals surface area contributed by atoms with Crippen LogP contribution in [0, 0.1) is 0 Å². The molecule has 3 rings (SSSR count). The van der Waals surface area contributed by atoms with Gasteiger partial charge >= 0.3 is 6.09 Å². The summed E-state index contributed by atoms with van der Waals surface area (Å²) in [4.78, 5) is 50.3. The minimum atomic E-state index is -1.09. The van der Waals surface area contributed by atoms with E-state index in [1.807, 2.05) is 91.0 Å². The predicted molar refractivity (Wildman–Crippen MR) is 135 cm³/mol. The van der Waals surface area contributed by atoms with Crippen LogP contribution in [0.3, 0.4) is 0 Å². The first-order chi connectivity index (χ1) is 17.4. The quantitative estimate of drug-likeness (QED) is 0.360. The SMILES string of the molecule is CC(NC(=O)[C@H](Cc1ccccc1)NC(=O)OCc1ccccc1)C(=O)C(=O)NCc1ccccc1. The van der Waals surface area contributed by atoms with Crippen molar-refractivity contribution in [2.24, 2.45) is 0 Å². The molecule has 1 unspecified atom stereocenters. The van der Waals surface area contributed by atoms with Crippen LogP contribution in [0.2, 0.25) is 0 Å². The highest BCUT2D eigenvalue weighted by molar-refractivity contribution is 6.38. The first kappa shape index (κ1) is 26.2. The second-order valence-corrected chi connectivity index (χ2v) is 8.21. The minimum Gasteiger partial charge on any atom is -0.445 e. The van der Waals surface area contributed by atoms with Gasteiger partial charge in [-0.3, -0.25) is 14.4 Å². The highest BCUT2D eigenvalue weighted by Gasteiger charge is 2.28. The van der Waals surface area contributed by atoms with E-state index in [-0.39, 0.29) is 19.6 Å². The fourth-order valence-electron chi connectivity index (χ4n) is 3.41. The maximum atomic E-state index is 13.0. The second kappa shape index (κ2) is 13.4. The molecule has 0 radical (unpaired) electrons. The summed E-state index contributed by atoms with van der Waals surface area (Å²) in [6, 6.07) is 25.3. The smallest absolute Gasteiger partial charge is 0.408 e. The van der Waals surface area contributed by atoms with E-state index in [1.54, 1.807) is 0 Å². The molecule has 3 aromatic carbocycles. The molecule has 0 aliphatic heterocycles. The zero-order valence-corrected chi connectivity index (χ0v) is 20.0. The Morgan fingerprint density at radius 2 is 1.25 bits per heavy atom. The van der Waals surface area contributed by atoms with Crippen molar-refractivity contribution < 1.29 is 23.9 Å². The topological polar surface area (TPSA) is 114 Å². The van der Waals surface area contributed by atoms with E-state index in [1.165, 1.54) is 6.92 Å². The van der Waals surface area contributed by atoms with Crippen LogP contribution in [-0.2, 0) is 38.7 Å². The Balaban J connectivity index is 1.58. The maximum Gasteiger partial charge on any atom is 0.408 e. The fourth-order valence-corrected chi connectivity index (χ4v) is 3.41. The standard InChI is InChI=1S/C28H29N3O5/c1-20(25(32)27(34)29-18-22-13-7-3-8-14-22)30-26(33)24(17-21-11-5-2-6-12-21)31-28(35)36-19-23-15-9-4-10-16-23/h2-16,20,24H,17-19H2,1H3,(H,29,34)(H,30,33)(H,31,35)/t20?,24-/m0/s1. The lowest BCUT2D eigenvalue weighted by molar-refractivity contribution is -0.140. The fraction of sp³-hybridized carbons (Fsp3) is 0.214. The van der Waals surface area contributed by atoms with Crippen molar-refractivity contribution in [1.82, 2.24) is 16.0 Å². The van der Waals surface area contributed by atoms with Gasteiger partial charge in [0.05, 0.1) is 6.04 Å². The summed E-state index contributed by atoms with van der Waals surface area (Å²) in [5.41, 5.74) is 2.45. The molecule has 0 saturated heterocycles. The lowest BCUT2D eigenvalue weighted by Crippen LogP contribution is -2.53. The van der Waals surface area contributed by atoms with Gasteiger partial charge in [0, 0.05) is 13.0 Å². The number of Topliss-reactive ketones (excluding diaryl/α,β-unsaturated/α-hetero) is 1. The summed E-state index contributed by atoms with van der Waals surface area (Å²) < 4.78 is 5.25. The normalized spacial score (nSPS) is 12.0. The average Bonchev–Trinajstić information content (AvgIpc) is 2.91. The summed E-state index contributed by atoms with van der Waals surface area (Å²) in [6.45, 7) is 1.66. The molecule has 0 fully saturated rings. The van der Waals surface area contributed by atoms with E-state index in [9.17, 15) is 19.2 Å². The number of hydrogen-bond donors (Lipinski definition) is 3. The van der Waals surface area contributed by atoms with Crippen molar-refractivity contribution in [3.05, 3.63) is 108 Å². The predicted octanol–water partition coefficient (Wildman–Crippen LogP) is 2.91. The lowest BCUT2D eigenvalue weighted by atomic mass is 10.0. The van der Waals surface area contributed by atoms with Gasteiger partial charge in [-0.15, -0.1) is 0 Å². The van der Waals surface area contributed by atoms with Crippen LogP contribution in [0.15, 0.2) is 91.0 Å². The molecule has 0 aliphatic rings. The molecule has 0 saturated carbocycles. The maximum absolute atomic E-state index is 13.0. The highest BCUT2D eigenvalue weighted by atomic mass is 16.5. The summed E-state index contributed by atoms with van der Waals surface area (Å²) in [5, 5.41) is 7.67. The Kier molecular flexibility index (Phi) is 9.76. The van der Waals surface area contributed by atoms with Gasteiger partial charge < -0.3 is 20.7 Å². The number of benzene rings is 3. The van der Waals surface area contributed by atoms with Gasteiger partial charge in [-0.2, -0.15) is 0 Å². The Morgan fingerprint density at radius 1 is 0.722 bits per heavy atom. The number of carbonyl (C=O) groups is 4. The molecule has 0 heterocycles. The van der Waals surface area contributed by atoms with Crippen molar-refractivity contribution in [2.75, 3.05) is 0 Å². The van der Waals surface area contributed by atoms with Gasteiger partial charge in [-0.25, -0.2) is 4.79 Å². The van der Waals surface area contributed by atoms with E-state index in [0.29, 0.717) is 0 Å². The third-order valence-electron chi connectivity index (χ3n) is 5.38. The van der Waals surface area contributed by atoms with Crippen LogP contribution in [-0.4, -0.2) is 35.8 Å². The number of alkyl carbamates (subject to hydrolysis) is 1. The van der Waals surface area contributed by atoms with Gasteiger partial charge in [-0.05, 0) is 23.6 Å². The van der Waals surface area contributed by atoms with Crippen molar-refractivity contribution in [3.63, 3.8) is 0 Å². The molecular weight excluding hydrogens is 458 g/mol. The van der Waals surface area contributed by atoms with Crippen molar-refractivity contribution in [3.8, 4) is 0 Å². The first-order valence-electron chi connectivity index (χ1n) is 11.6. The van der Waals surface area contributed by atoms with Crippen LogP contribution >= 0.6 is 0 Å². The van der Waals surface area contributed by atoms with E-state index >= 15 is 0 Å². The van der Waals surface area contributed by atoms with Crippen molar-refractivity contribution in [1.29, 1.82) is 0 Å². The van der Waals surface area contributed by atoms with E-state index in [0.717, 1.165) is 16.7 Å². The number of rotatable bonds is 11. The van der Waals surface area contributed by atoms with E-state index in [4.69, 9.17) is 4.74 Å². The Bertz CT molecular complexity index is 1150. The molecule has 186 valence electrons. The largest absolute Gasteiger partial charge is 0.445 e. The summed E-state index contributed by atoms with van der Waals surface area (Å²) in [7, 11) is 0. The number of ketones is 1. The second-order valence-electron chi connectivity index (χ2n) is 8.21. The first-order valence-corrected chi connectivity index (χ1v) is 11.6. The minimum absolute atomic E-state index is 0.0445. The van der Waals surface area contributed by atoms with Gasteiger partial charge in [0.1, 0.15) is 12.6 Å². The van der Waals surface area contributed by atoms with Gasteiger partial charge in [0.15, 0.2) is 0 Å². The summed E-state index contributed by atoms with van der Waals surface area (Å²) >= 11 is 0. The van der Waals surface area contributed by atoms with Crippen molar-refractivity contribution in [2.45, 2.75) is 38.6 Å². The molecule has 0 bridgehead atoms. The van der Waals surface area contributed by atoms with E-state index in [2.05, 4.69) is 16.0 Å². The highest BCUT2D eigenvalue weighted by Crippen LogP contribution is 2.06. The molecule has 8 heteroatoms. The average molecular weight is 488 g/mol. The molecule has 0 aliphatic carbocycles. The number of ether oxygens (including phenoxy) is 1. The van der Waals surface area contributed by atoms with Crippen LogP contribution in [0.4, 0.5) is 4.79 Å². The Labute approximate surface area is 210 Å². The van der Waals surface area contributed by atoms with Gasteiger partial charge in [-0.1, -0.05) is 91.0 Å². The molecule has 0 spiro atoms. The zero-order chi connectivity index (χ0) is 25.8. The molecule has 2 atom stereocenters. The van der Waals surface area contributed by atoms with Crippen LogP contribution in [0.1, 0.15) is 23.6 Å². The van der Waals surface area contributed by atoms with Crippen molar-refractivity contribution >= 4 is 23.7 Å². The summed E-state index contributed by atoms with van der Waals surface area (Å²) in [6.07, 6.45) is -0.594. The molecule has 8 nitrogen and oxygen atoms in total. The Morgan fingerprint density at radius 3 is 1.83 bits per heavy atom. The molecule has 3 amide bonds. The van der Waals surface area contributed by atoms with E-state index < -0.39 is 35.8 Å². The molecular formula is C28H29N3O5. The third-order valence-corrected chi connectivity index (χ3v) is 5.38. The van der Waals surface area contributed by atoms with Gasteiger partial charge in [0.2, 0.25) is 11.7 Å². The summed E-state index contributed by atoms with van der Waals surface area (Å²) in [5.74, 6) is -2.20. The lowest BCUT2D eigenvalue weighted by Gasteiger charge is -2.21. The van der Waals surface area contributed by atoms with Gasteiger partial charge in [0.25, 0.3) is 5.91 Å². The molecule has 36 heavy (non-hydrogen) atoms. The third kappa shape index (κ3) is 8.39. The van der Waals surface area contributed by atoms with Crippen LogP contribution in [0.5, 0.6) is 0 Å². The van der Waals surface area contributed by atoms with Crippen LogP contribution < -0.4 is 16.0 Å². The monoisotopic (exact) mass is 487 g/mol. The number of carbonyl (C=O) groups excluding carboxylic acids is 4. The molecule has 3 aromatic rings. The molecule has 0 aromatic heterocycles. The molecule has 3 N–H and O–H groups in total. The van der Waals surface area contributed by atoms with Crippen LogP contribution in [0.25, 0.3) is 0 Å².